The van der Waals surface area contributed by atoms with Crippen LogP contribution in [0.4, 0.5) is 0 Å². The Labute approximate surface area is 120 Å². The fraction of sp³-hybridized carbons (Fsp3) is 0.533. The Kier molecular flexibility index (Phi) is 6.85. The van der Waals surface area contributed by atoms with Crippen LogP contribution in [-0.4, -0.2) is 38.0 Å². The van der Waals surface area contributed by atoms with Crippen LogP contribution in [0.2, 0.25) is 0 Å². The van der Waals surface area contributed by atoms with Crippen molar-refractivity contribution in [2.24, 2.45) is 5.92 Å². The van der Waals surface area contributed by atoms with E-state index >= 15 is 0 Å². The molecule has 1 rings (SSSR count). The molecule has 1 aromatic carbocycles. The van der Waals surface area contributed by atoms with Gasteiger partial charge in [-0.25, -0.2) is 0 Å². The maximum absolute atomic E-state index is 9.79. The lowest BCUT2D eigenvalue weighted by molar-refractivity contribution is 0.105. The Hall–Kier alpha value is -1.77. The van der Waals surface area contributed by atoms with Crippen molar-refractivity contribution >= 4 is 0 Å². The van der Waals surface area contributed by atoms with E-state index in [4.69, 9.17) is 14.7 Å². The van der Waals surface area contributed by atoms with Gasteiger partial charge in [-0.3, -0.25) is 0 Å². The van der Waals surface area contributed by atoms with E-state index in [1.54, 1.807) is 18.2 Å². The molecule has 0 saturated carbocycles. The van der Waals surface area contributed by atoms with Gasteiger partial charge in [-0.1, -0.05) is 13.8 Å². The first-order chi connectivity index (χ1) is 9.55. The Morgan fingerprint density at radius 2 is 1.95 bits per heavy atom. The van der Waals surface area contributed by atoms with E-state index in [2.05, 4.69) is 19.2 Å². The molecule has 20 heavy (non-hydrogen) atoms. The molecule has 0 aliphatic carbocycles. The molecule has 0 bridgehead atoms. The van der Waals surface area contributed by atoms with E-state index in [9.17, 15) is 5.11 Å². The predicted octanol–water partition coefficient (Wildman–Crippen LogP) is 1.55. The highest BCUT2D eigenvalue weighted by Gasteiger charge is 2.07. The highest BCUT2D eigenvalue weighted by molar-refractivity contribution is 5.43. The minimum absolute atomic E-state index is 0.170. The van der Waals surface area contributed by atoms with Gasteiger partial charge in [0.1, 0.15) is 24.2 Å². The van der Waals surface area contributed by atoms with Crippen molar-refractivity contribution in [3.05, 3.63) is 23.8 Å². The van der Waals surface area contributed by atoms with Crippen LogP contribution in [0.1, 0.15) is 19.4 Å². The van der Waals surface area contributed by atoms with E-state index in [1.807, 2.05) is 6.07 Å². The van der Waals surface area contributed by atoms with Gasteiger partial charge < -0.3 is 19.9 Å². The van der Waals surface area contributed by atoms with E-state index in [0.29, 0.717) is 29.5 Å². The molecule has 2 N–H and O–H groups in total. The molecule has 1 atom stereocenters. The van der Waals surface area contributed by atoms with E-state index in [-0.39, 0.29) is 6.61 Å². The summed E-state index contributed by atoms with van der Waals surface area (Å²) in [4.78, 5) is 0. The molecule has 0 spiro atoms. The zero-order chi connectivity index (χ0) is 15.0. The molecule has 0 aliphatic rings. The molecule has 0 aromatic heterocycles. The van der Waals surface area contributed by atoms with Crippen LogP contribution in [0, 0.1) is 17.2 Å². The second kappa shape index (κ2) is 8.41. The zero-order valence-corrected chi connectivity index (χ0v) is 12.2. The number of nitriles is 1. The van der Waals surface area contributed by atoms with Crippen molar-refractivity contribution in [3.8, 4) is 17.6 Å². The molecule has 0 fully saturated rings. The zero-order valence-electron chi connectivity index (χ0n) is 12.2. The first-order valence-electron chi connectivity index (χ1n) is 6.66. The van der Waals surface area contributed by atoms with Crippen LogP contribution < -0.4 is 14.8 Å². The summed E-state index contributed by atoms with van der Waals surface area (Å²) < 4.78 is 10.6. The van der Waals surface area contributed by atoms with Gasteiger partial charge in [0.15, 0.2) is 0 Å². The number of rotatable bonds is 8. The molecule has 5 nitrogen and oxygen atoms in total. The Morgan fingerprint density at radius 1 is 1.25 bits per heavy atom. The highest BCUT2D eigenvalue weighted by Crippen LogP contribution is 2.22. The van der Waals surface area contributed by atoms with E-state index in [1.165, 1.54) is 7.11 Å². The quantitative estimate of drug-likeness (QED) is 0.754. The second-order valence-electron chi connectivity index (χ2n) is 5.03. The number of benzene rings is 1. The largest absolute Gasteiger partial charge is 0.497 e. The van der Waals surface area contributed by atoms with Gasteiger partial charge in [0.25, 0.3) is 0 Å². The standard InChI is InChI=1S/C15H22N2O3/c1-11(2)8-17-9-13(18)10-20-15-5-12(7-16)4-14(6-15)19-3/h4-6,11,13,17-18H,8-10H2,1-3H3. The van der Waals surface area contributed by atoms with Crippen molar-refractivity contribution in [2.75, 3.05) is 26.8 Å². The number of ether oxygens (including phenoxy) is 2. The number of hydrogen-bond acceptors (Lipinski definition) is 5. The van der Waals surface area contributed by atoms with E-state index < -0.39 is 6.10 Å². The molecular weight excluding hydrogens is 256 g/mol. The smallest absolute Gasteiger partial charge is 0.124 e. The number of aliphatic hydroxyl groups excluding tert-OH is 1. The monoisotopic (exact) mass is 278 g/mol. The maximum atomic E-state index is 9.79. The maximum Gasteiger partial charge on any atom is 0.124 e. The number of methoxy groups -OCH3 is 1. The molecule has 0 amide bonds. The van der Waals surface area contributed by atoms with Crippen molar-refractivity contribution in [2.45, 2.75) is 20.0 Å². The second-order valence-corrected chi connectivity index (χ2v) is 5.03. The summed E-state index contributed by atoms with van der Waals surface area (Å²) >= 11 is 0. The van der Waals surface area contributed by atoms with Gasteiger partial charge in [0, 0.05) is 12.6 Å². The van der Waals surface area contributed by atoms with Crippen LogP contribution >= 0.6 is 0 Å². The number of aliphatic hydroxyl groups is 1. The van der Waals surface area contributed by atoms with Crippen LogP contribution in [0.25, 0.3) is 0 Å². The van der Waals surface area contributed by atoms with Crippen molar-refractivity contribution in [3.63, 3.8) is 0 Å². The van der Waals surface area contributed by atoms with Gasteiger partial charge in [-0.2, -0.15) is 5.26 Å². The average Bonchev–Trinajstić information content (AvgIpc) is 2.44. The molecule has 1 aromatic rings. The number of nitrogens with one attached hydrogen (secondary N) is 1. The number of nitrogens with zero attached hydrogens (tertiary/aromatic N) is 1. The average molecular weight is 278 g/mol. The SMILES string of the molecule is COc1cc(C#N)cc(OCC(O)CNCC(C)C)c1. The first-order valence-corrected chi connectivity index (χ1v) is 6.66. The summed E-state index contributed by atoms with van der Waals surface area (Å²) in [6.45, 7) is 5.72. The molecule has 0 aliphatic heterocycles. The fourth-order valence-corrected chi connectivity index (χ4v) is 1.63. The van der Waals surface area contributed by atoms with Crippen LogP contribution in [0.3, 0.4) is 0 Å². The summed E-state index contributed by atoms with van der Waals surface area (Å²) in [5.41, 5.74) is 0.465. The molecule has 110 valence electrons. The molecule has 0 heterocycles. The van der Waals surface area contributed by atoms with Crippen LogP contribution in [0.15, 0.2) is 18.2 Å². The summed E-state index contributed by atoms with van der Waals surface area (Å²) in [5, 5.41) is 21.9. The third-order valence-electron chi connectivity index (χ3n) is 2.62. The predicted molar refractivity (Wildman–Crippen MR) is 76.9 cm³/mol. The lowest BCUT2D eigenvalue weighted by Crippen LogP contribution is -2.33. The van der Waals surface area contributed by atoms with Gasteiger partial charge in [0.05, 0.1) is 18.7 Å². The van der Waals surface area contributed by atoms with Gasteiger partial charge in [-0.15, -0.1) is 0 Å². The molecular formula is C15H22N2O3. The van der Waals surface area contributed by atoms with Gasteiger partial charge >= 0.3 is 0 Å². The van der Waals surface area contributed by atoms with Gasteiger partial charge in [-0.05, 0) is 24.6 Å². The summed E-state index contributed by atoms with van der Waals surface area (Å²) in [6, 6.07) is 6.99. The molecule has 0 radical (unpaired) electrons. The Morgan fingerprint density at radius 3 is 2.55 bits per heavy atom. The third-order valence-corrected chi connectivity index (χ3v) is 2.62. The molecule has 5 heteroatoms. The summed E-state index contributed by atoms with van der Waals surface area (Å²) in [6.07, 6.45) is -0.592. The Balaban J connectivity index is 2.46. The summed E-state index contributed by atoms with van der Waals surface area (Å²) in [5.74, 6) is 1.62. The van der Waals surface area contributed by atoms with Gasteiger partial charge in [0.2, 0.25) is 0 Å². The summed E-state index contributed by atoms with van der Waals surface area (Å²) in [7, 11) is 1.53. The lowest BCUT2D eigenvalue weighted by atomic mass is 10.2. The van der Waals surface area contributed by atoms with Crippen LogP contribution in [-0.2, 0) is 0 Å². The van der Waals surface area contributed by atoms with Crippen molar-refractivity contribution in [1.29, 1.82) is 5.26 Å². The molecule has 0 saturated heterocycles. The topological polar surface area (TPSA) is 74.5 Å². The minimum Gasteiger partial charge on any atom is -0.497 e. The Bertz CT molecular complexity index is 455. The minimum atomic E-state index is -0.592. The lowest BCUT2D eigenvalue weighted by Gasteiger charge is -2.15. The fourth-order valence-electron chi connectivity index (χ4n) is 1.63. The van der Waals surface area contributed by atoms with E-state index in [0.717, 1.165) is 6.54 Å². The molecule has 1 unspecified atom stereocenters. The normalized spacial score (nSPS) is 12.0. The highest BCUT2D eigenvalue weighted by atomic mass is 16.5. The van der Waals surface area contributed by atoms with Crippen molar-refractivity contribution < 1.29 is 14.6 Å². The third kappa shape index (κ3) is 5.91. The first kappa shape index (κ1) is 16.3. The van der Waals surface area contributed by atoms with Crippen molar-refractivity contribution in [1.82, 2.24) is 5.32 Å². The van der Waals surface area contributed by atoms with Crippen LogP contribution in [0.5, 0.6) is 11.5 Å². The number of hydrogen-bond donors (Lipinski definition) is 2.